The smallest absolute Gasteiger partial charge is 0.201 e. The highest BCUT2D eigenvalue weighted by Gasteiger charge is 2.00. The summed E-state index contributed by atoms with van der Waals surface area (Å²) in [6.45, 7) is 0.206. The molecule has 1 N–H and O–H groups in total. The van der Waals surface area contributed by atoms with Gasteiger partial charge in [-0.3, -0.25) is 0 Å². The maximum atomic E-state index is 12.6. The van der Waals surface area contributed by atoms with Crippen LogP contribution in [0, 0.1) is 9.39 Å². The molecule has 0 aliphatic rings. The standard InChI is InChI=1S/C7H7FINO2S/c8-6-2-1-5(7(9)3-6)4-10-13(11)12/h1-3,13H,4H2,(H,10,11,12). The van der Waals surface area contributed by atoms with Gasteiger partial charge < -0.3 is 0 Å². The Morgan fingerprint density at radius 1 is 1.46 bits per heavy atom. The molecule has 1 rings (SSSR count). The van der Waals surface area contributed by atoms with Crippen LogP contribution in [0.1, 0.15) is 5.56 Å². The lowest BCUT2D eigenvalue weighted by Crippen LogP contribution is -2.11. The molecule has 0 unspecified atom stereocenters. The second kappa shape index (κ2) is 4.87. The lowest BCUT2D eigenvalue weighted by Gasteiger charge is -2.01. The van der Waals surface area contributed by atoms with Gasteiger partial charge >= 0.3 is 0 Å². The van der Waals surface area contributed by atoms with Crippen molar-refractivity contribution in [2.24, 2.45) is 0 Å². The highest BCUT2D eigenvalue weighted by atomic mass is 127. The van der Waals surface area contributed by atoms with Gasteiger partial charge in [0.25, 0.3) is 0 Å². The Balaban J connectivity index is 2.77. The van der Waals surface area contributed by atoms with E-state index in [1.54, 1.807) is 6.07 Å². The van der Waals surface area contributed by atoms with Crippen molar-refractivity contribution in [1.29, 1.82) is 0 Å². The molecular formula is C7H7FINO2S. The van der Waals surface area contributed by atoms with Crippen molar-refractivity contribution in [3.8, 4) is 0 Å². The van der Waals surface area contributed by atoms with E-state index in [2.05, 4.69) is 4.72 Å². The third-order valence-electron chi connectivity index (χ3n) is 1.41. The predicted molar refractivity (Wildman–Crippen MR) is 56.3 cm³/mol. The number of hydrogen-bond donors (Lipinski definition) is 2. The summed E-state index contributed by atoms with van der Waals surface area (Å²) in [5.41, 5.74) is 0.765. The predicted octanol–water partition coefficient (Wildman–Crippen LogP) is 1.05. The Hall–Kier alpha value is -0.210. The molecule has 0 bridgehead atoms. The molecule has 0 saturated heterocycles. The number of hydrogen-bond acceptors (Lipinski definition) is 2. The molecule has 0 atom stereocenters. The van der Waals surface area contributed by atoms with E-state index < -0.39 is 10.9 Å². The van der Waals surface area contributed by atoms with Gasteiger partial charge in [0, 0.05) is 10.1 Å². The molecule has 1 aromatic carbocycles. The first-order chi connectivity index (χ1) is 6.09. The van der Waals surface area contributed by atoms with E-state index in [0.29, 0.717) is 3.57 Å². The van der Waals surface area contributed by atoms with Gasteiger partial charge in [-0.1, -0.05) is 6.07 Å². The second-order valence-electron chi connectivity index (χ2n) is 2.33. The molecule has 0 spiro atoms. The molecule has 0 radical (unpaired) electrons. The van der Waals surface area contributed by atoms with Crippen LogP contribution in [0.3, 0.4) is 0 Å². The highest BCUT2D eigenvalue weighted by Crippen LogP contribution is 2.13. The van der Waals surface area contributed by atoms with Gasteiger partial charge in [0.1, 0.15) is 5.82 Å². The largest absolute Gasteiger partial charge is 0.216 e. The number of thiol groups is 1. The van der Waals surface area contributed by atoms with Gasteiger partial charge in [-0.15, -0.1) is 0 Å². The van der Waals surface area contributed by atoms with Crippen LogP contribution in [0.25, 0.3) is 0 Å². The Labute approximate surface area is 90.6 Å². The van der Waals surface area contributed by atoms with Crippen molar-refractivity contribution in [3.05, 3.63) is 33.1 Å². The molecule has 1 aromatic rings. The first-order valence-corrected chi connectivity index (χ1v) is 5.67. The third kappa shape index (κ3) is 3.57. The Morgan fingerprint density at radius 3 is 2.69 bits per heavy atom. The molecular weight excluding hydrogens is 308 g/mol. The minimum atomic E-state index is -2.59. The molecule has 0 saturated carbocycles. The molecule has 0 aliphatic carbocycles. The lowest BCUT2D eigenvalue weighted by molar-refractivity contribution is 0.601. The van der Waals surface area contributed by atoms with Crippen molar-refractivity contribution in [2.45, 2.75) is 6.54 Å². The van der Waals surface area contributed by atoms with Crippen molar-refractivity contribution in [2.75, 3.05) is 0 Å². The molecule has 72 valence electrons. The number of benzene rings is 1. The van der Waals surface area contributed by atoms with E-state index >= 15 is 0 Å². The van der Waals surface area contributed by atoms with Crippen LogP contribution in [0.4, 0.5) is 4.39 Å². The van der Waals surface area contributed by atoms with Crippen molar-refractivity contribution in [1.82, 2.24) is 4.72 Å². The Morgan fingerprint density at radius 2 is 2.15 bits per heavy atom. The highest BCUT2D eigenvalue weighted by molar-refractivity contribution is 14.1. The van der Waals surface area contributed by atoms with Gasteiger partial charge in [-0.2, -0.15) is 0 Å². The molecule has 0 amide bonds. The van der Waals surface area contributed by atoms with Gasteiger partial charge in [0.15, 0.2) is 0 Å². The lowest BCUT2D eigenvalue weighted by atomic mass is 10.2. The quantitative estimate of drug-likeness (QED) is 0.647. The molecule has 0 fully saturated rings. The van der Waals surface area contributed by atoms with Crippen LogP contribution in [0.2, 0.25) is 0 Å². The monoisotopic (exact) mass is 315 g/mol. The summed E-state index contributed by atoms with van der Waals surface area (Å²) < 4.78 is 36.0. The summed E-state index contributed by atoms with van der Waals surface area (Å²) >= 11 is 1.96. The van der Waals surface area contributed by atoms with Gasteiger partial charge in [0.2, 0.25) is 10.9 Å². The number of halogens is 2. The van der Waals surface area contributed by atoms with Crippen LogP contribution < -0.4 is 4.72 Å². The molecule has 6 heteroatoms. The fraction of sp³-hybridized carbons (Fsp3) is 0.143. The summed E-state index contributed by atoms with van der Waals surface area (Å²) in [5, 5.41) is 0. The Bertz CT molecular complexity index is 373. The first kappa shape index (κ1) is 10.9. The average Bonchev–Trinajstić information content (AvgIpc) is 2.02. The summed E-state index contributed by atoms with van der Waals surface area (Å²) in [6.07, 6.45) is 0. The average molecular weight is 315 g/mol. The van der Waals surface area contributed by atoms with Gasteiger partial charge in [0.05, 0.1) is 0 Å². The fourth-order valence-electron chi connectivity index (χ4n) is 0.815. The first-order valence-electron chi connectivity index (χ1n) is 3.41. The topological polar surface area (TPSA) is 46.2 Å². The summed E-state index contributed by atoms with van der Waals surface area (Å²) in [5.74, 6) is -0.320. The zero-order chi connectivity index (χ0) is 9.84. The maximum absolute atomic E-state index is 12.6. The summed E-state index contributed by atoms with van der Waals surface area (Å²) in [6, 6.07) is 4.22. The molecule has 3 nitrogen and oxygen atoms in total. The van der Waals surface area contributed by atoms with E-state index in [1.165, 1.54) is 12.1 Å². The van der Waals surface area contributed by atoms with E-state index in [1.807, 2.05) is 22.6 Å². The van der Waals surface area contributed by atoms with E-state index in [-0.39, 0.29) is 12.4 Å². The number of rotatable bonds is 3. The van der Waals surface area contributed by atoms with E-state index in [9.17, 15) is 12.8 Å². The summed E-state index contributed by atoms with van der Waals surface area (Å²) in [7, 11) is -2.59. The molecule has 0 aliphatic heterocycles. The minimum absolute atomic E-state index is 0.206. The third-order valence-corrected chi connectivity index (χ3v) is 2.83. The van der Waals surface area contributed by atoms with Crippen LogP contribution in [-0.4, -0.2) is 8.42 Å². The second-order valence-corrected chi connectivity index (χ2v) is 4.32. The normalized spacial score (nSPS) is 10.7. The molecule has 0 aromatic heterocycles. The van der Waals surface area contributed by atoms with Crippen LogP contribution in [0.15, 0.2) is 18.2 Å². The number of nitrogens with one attached hydrogen (secondary N) is 1. The van der Waals surface area contributed by atoms with Crippen molar-refractivity contribution < 1.29 is 12.8 Å². The van der Waals surface area contributed by atoms with Crippen LogP contribution in [0.5, 0.6) is 0 Å². The zero-order valence-corrected chi connectivity index (χ0v) is 9.51. The summed E-state index contributed by atoms with van der Waals surface area (Å²) in [4.78, 5) is 0. The maximum Gasteiger partial charge on any atom is 0.201 e. The van der Waals surface area contributed by atoms with Crippen LogP contribution in [-0.2, 0) is 17.4 Å². The minimum Gasteiger partial charge on any atom is -0.216 e. The van der Waals surface area contributed by atoms with Crippen molar-refractivity contribution >= 4 is 33.5 Å². The van der Waals surface area contributed by atoms with Crippen molar-refractivity contribution in [3.63, 3.8) is 0 Å². The SMILES string of the molecule is O=[SH](=O)NCc1ccc(F)cc1I. The van der Waals surface area contributed by atoms with Gasteiger partial charge in [-0.25, -0.2) is 17.5 Å². The zero-order valence-electron chi connectivity index (χ0n) is 6.46. The van der Waals surface area contributed by atoms with E-state index in [0.717, 1.165) is 5.56 Å². The molecule has 13 heavy (non-hydrogen) atoms. The molecule has 0 heterocycles. The fourth-order valence-corrected chi connectivity index (χ4v) is 1.78. The van der Waals surface area contributed by atoms with Crippen LogP contribution >= 0.6 is 22.6 Å². The van der Waals surface area contributed by atoms with Gasteiger partial charge in [-0.05, 0) is 40.3 Å². The Kier molecular flexibility index (Phi) is 4.07. The van der Waals surface area contributed by atoms with E-state index in [4.69, 9.17) is 0 Å².